The van der Waals surface area contributed by atoms with Gasteiger partial charge in [-0.15, -0.1) is 0 Å². The lowest BCUT2D eigenvalue weighted by molar-refractivity contribution is -0.0343. The number of ether oxygens (including phenoxy) is 1. The number of benzene rings is 1. The fraction of sp³-hybridized carbons (Fsp3) is 0.600. The maximum atomic E-state index is 5.93. The Morgan fingerprint density at radius 3 is 2.06 bits per heavy atom. The van der Waals surface area contributed by atoms with Gasteiger partial charge in [-0.2, -0.15) is 0 Å². The average Bonchev–Trinajstić information content (AvgIpc) is 2.27. The molecule has 102 valence electrons. The molecule has 1 aromatic rings. The van der Waals surface area contributed by atoms with Crippen molar-refractivity contribution in [1.29, 1.82) is 0 Å². The van der Waals surface area contributed by atoms with Gasteiger partial charge in [0, 0.05) is 30.5 Å². The third kappa shape index (κ3) is 5.42. The van der Waals surface area contributed by atoms with Crippen LogP contribution in [0.5, 0.6) is 0 Å². The van der Waals surface area contributed by atoms with Crippen molar-refractivity contribution in [3.05, 3.63) is 29.8 Å². The first-order chi connectivity index (χ1) is 8.24. The summed E-state index contributed by atoms with van der Waals surface area (Å²) in [4.78, 5) is 1.13. The molecule has 1 aromatic carbocycles. The van der Waals surface area contributed by atoms with E-state index in [9.17, 15) is 0 Å². The molecule has 0 amide bonds. The number of rotatable bonds is 6. The predicted molar refractivity (Wildman–Crippen MR) is 77.9 cm³/mol. The summed E-state index contributed by atoms with van der Waals surface area (Å²) in [6, 6.07) is 8.35. The van der Waals surface area contributed by atoms with Crippen LogP contribution in [-0.4, -0.2) is 18.3 Å². The molecule has 3 heteroatoms. The quantitative estimate of drug-likeness (QED) is 0.702. The van der Waals surface area contributed by atoms with Crippen molar-refractivity contribution in [3.8, 4) is 0 Å². The van der Waals surface area contributed by atoms with E-state index in [0.717, 1.165) is 11.3 Å². The van der Waals surface area contributed by atoms with Crippen LogP contribution in [0.3, 0.4) is 0 Å². The predicted octanol–water partition coefficient (Wildman–Crippen LogP) is 4.61. The largest absolute Gasteiger partial charge is 0.379 e. The molecule has 0 aliphatic carbocycles. The molecule has 0 saturated heterocycles. The fourth-order valence-electron chi connectivity index (χ4n) is 1.88. The molecule has 0 aromatic heterocycles. The summed E-state index contributed by atoms with van der Waals surface area (Å²) in [5, 5.41) is 0. The van der Waals surface area contributed by atoms with Gasteiger partial charge in [0.2, 0.25) is 0 Å². The van der Waals surface area contributed by atoms with E-state index >= 15 is 0 Å². The summed E-state index contributed by atoms with van der Waals surface area (Å²) in [5.74, 6) is 0. The minimum atomic E-state index is -0.227. The summed E-state index contributed by atoms with van der Waals surface area (Å²) in [6.45, 7) is 10.4. The first-order valence-electron chi connectivity index (χ1n) is 6.22. The highest BCUT2D eigenvalue weighted by molar-refractivity contribution is 7.94. The van der Waals surface area contributed by atoms with Crippen LogP contribution >= 0.6 is 12.0 Å². The van der Waals surface area contributed by atoms with Crippen molar-refractivity contribution >= 4 is 12.0 Å². The lowest BCUT2D eigenvalue weighted by Gasteiger charge is -2.33. The zero-order chi connectivity index (χ0) is 13.8. The molecule has 0 radical (unpaired) electrons. The first kappa shape index (κ1) is 15.5. The van der Waals surface area contributed by atoms with Crippen molar-refractivity contribution in [2.24, 2.45) is 0 Å². The van der Waals surface area contributed by atoms with Gasteiger partial charge in [0.1, 0.15) is 0 Å². The van der Waals surface area contributed by atoms with Crippen LogP contribution in [0.25, 0.3) is 0 Å². The summed E-state index contributed by atoms with van der Waals surface area (Å²) in [5.41, 5.74) is 0.867. The van der Waals surface area contributed by atoms with Gasteiger partial charge in [-0.25, -0.2) is 0 Å². The smallest absolute Gasteiger partial charge is 0.0805 e. The molecule has 0 N–H and O–H groups in total. The topological polar surface area (TPSA) is 18.5 Å². The molecule has 0 aliphatic rings. The van der Waals surface area contributed by atoms with Crippen LogP contribution in [0.4, 0.5) is 0 Å². The maximum Gasteiger partial charge on any atom is 0.0805 e. The Kier molecular flexibility index (Phi) is 5.26. The Labute approximate surface area is 115 Å². The van der Waals surface area contributed by atoms with E-state index in [1.165, 1.54) is 17.6 Å². The van der Waals surface area contributed by atoms with Crippen LogP contribution in [-0.2, 0) is 8.92 Å². The highest BCUT2D eigenvalue weighted by Crippen LogP contribution is 2.32. The minimum Gasteiger partial charge on any atom is -0.379 e. The molecule has 0 heterocycles. The minimum absolute atomic E-state index is 0.169. The Bertz CT molecular complexity index is 369. The van der Waals surface area contributed by atoms with Crippen LogP contribution < -0.4 is 0 Å². The molecular formula is C15H24O2S. The number of methoxy groups -OCH3 is 1. The van der Waals surface area contributed by atoms with E-state index < -0.39 is 0 Å². The molecule has 18 heavy (non-hydrogen) atoms. The van der Waals surface area contributed by atoms with Gasteiger partial charge < -0.3 is 8.92 Å². The SMILES string of the molecule is COC(C)(C)CC(C)(C)OSc1ccc(C)cc1. The zero-order valence-electron chi connectivity index (χ0n) is 12.2. The summed E-state index contributed by atoms with van der Waals surface area (Å²) in [6.07, 6.45) is 0.843. The van der Waals surface area contributed by atoms with Gasteiger partial charge in [-0.1, -0.05) is 17.7 Å². The molecule has 0 aliphatic heterocycles. The van der Waals surface area contributed by atoms with E-state index in [-0.39, 0.29) is 11.2 Å². The molecule has 0 fully saturated rings. The number of hydrogen-bond donors (Lipinski definition) is 0. The molecule has 0 atom stereocenters. The Morgan fingerprint density at radius 1 is 1.00 bits per heavy atom. The van der Waals surface area contributed by atoms with Gasteiger partial charge >= 0.3 is 0 Å². The molecule has 0 unspecified atom stereocenters. The highest BCUT2D eigenvalue weighted by atomic mass is 32.2. The third-order valence-corrected chi connectivity index (χ3v) is 3.79. The normalized spacial score (nSPS) is 12.8. The first-order valence-corrected chi connectivity index (χ1v) is 6.96. The van der Waals surface area contributed by atoms with Crippen molar-refractivity contribution in [2.45, 2.75) is 57.1 Å². The van der Waals surface area contributed by atoms with Crippen LogP contribution in [0, 0.1) is 6.92 Å². The van der Waals surface area contributed by atoms with Crippen LogP contribution in [0.2, 0.25) is 0 Å². The molecular weight excluding hydrogens is 244 g/mol. The van der Waals surface area contributed by atoms with Crippen LogP contribution in [0.1, 0.15) is 39.7 Å². The standard InChI is InChI=1S/C15H24O2S/c1-12-7-9-13(10-8-12)18-17-15(4,5)11-14(2,3)16-6/h7-10H,11H2,1-6H3. The van der Waals surface area contributed by atoms with Crippen molar-refractivity contribution in [1.82, 2.24) is 0 Å². The zero-order valence-corrected chi connectivity index (χ0v) is 13.1. The Balaban J connectivity index is 2.53. The number of hydrogen-bond acceptors (Lipinski definition) is 3. The van der Waals surface area contributed by atoms with Crippen molar-refractivity contribution < 1.29 is 8.92 Å². The highest BCUT2D eigenvalue weighted by Gasteiger charge is 2.30. The summed E-state index contributed by atoms with van der Waals surface area (Å²) >= 11 is 1.43. The monoisotopic (exact) mass is 268 g/mol. The van der Waals surface area contributed by atoms with Crippen LogP contribution in [0.15, 0.2) is 29.2 Å². The molecule has 0 bridgehead atoms. The average molecular weight is 268 g/mol. The van der Waals surface area contributed by atoms with Crippen molar-refractivity contribution in [3.63, 3.8) is 0 Å². The Morgan fingerprint density at radius 2 is 1.56 bits per heavy atom. The molecule has 2 nitrogen and oxygen atoms in total. The van der Waals surface area contributed by atoms with E-state index in [4.69, 9.17) is 8.92 Å². The maximum absolute atomic E-state index is 5.93. The van der Waals surface area contributed by atoms with Crippen molar-refractivity contribution in [2.75, 3.05) is 7.11 Å². The van der Waals surface area contributed by atoms with Gasteiger partial charge in [0.05, 0.1) is 11.2 Å². The lowest BCUT2D eigenvalue weighted by atomic mass is 9.92. The van der Waals surface area contributed by atoms with Gasteiger partial charge in [0.15, 0.2) is 0 Å². The molecule has 1 rings (SSSR count). The molecule has 0 saturated carbocycles. The van der Waals surface area contributed by atoms with E-state index in [0.29, 0.717) is 0 Å². The van der Waals surface area contributed by atoms with E-state index in [1.54, 1.807) is 7.11 Å². The fourth-order valence-corrected chi connectivity index (χ4v) is 2.51. The number of aryl methyl sites for hydroxylation is 1. The second-order valence-electron chi connectivity index (χ2n) is 5.88. The summed E-state index contributed by atoms with van der Waals surface area (Å²) < 4.78 is 11.4. The summed E-state index contributed by atoms with van der Waals surface area (Å²) in [7, 11) is 1.74. The van der Waals surface area contributed by atoms with Gasteiger partial charge in [-0.3, -0.25) is 0 Å². The lowest BCUT2D eigenvalue weighted by Crippen LogP contribution is -2.35. The Hall–Kier alpha value is -0.510. The van der Waals surface area contributed by atoms with E-state index in [2.05, 4.69) is 58.9 Å². The second-order valence-corrected chi connectivity index (χ2v) is 6.68. The van der Waals surface area contributed by atoms with Gasteiger partial charge in [0.25, 0.3) is 0 Å². The second kappa shape index (κ2) is 6.09. The van der Waals surface area contributed by atoms with E-state index in [1.807, 2.05) is 0 Å². The molecule has 0 spiro atoms. The van der Waals surface area contributed by atoms with Gasteiger partial charge in [-0.05, 0) is 46.8 Å². The third-order valence-electron chi connectivity index (χ3n) is 2.79.